The molecule has 0 saturated heterocycles. The van der Waals surface area contributed by atoms with Gasteiger partial charge >= 0.3 is 12.1 Å². The first-order valence-corrected chi connectivity index (χ1v) is 9.40. The van der Waals surface area contributed by atoms with Gasteiger partial charge in [0.05, 0.1) is 13.7 Å². The van der Waals surface area contributed by atoms with Crippen molar-refractivity contribution in [2.24, 2.45) is 0 Å². The van der Waals surface area contributed by atoms with Crippen molar-refractivity contribution < 1.29 is 23.8 Å². The minimum absolute atomic E-state index is 0.348. The van der Waals surface area contributed by atoms with Crippen LogP contribution in [0.25, 0.3) is 0 Å². The molecule has 0 aliphatic carbocycles. The number of hydrogen-bond donors (Lipinski definition) is 0. The van der Waals surface area contributed by atoms with Crippen molar-refractivity contribution in [3.8, 4) is 5.75 Å². The summed E-state index contributed by atoms with van der Waals surface area (Å²) in [4.78, 5) is 25.0. The molecule has 0 radical (unpaired) electrons. The molecule has 1 aromatic carbocycles. The van der Waals surface area contributed by atoms with Gasteiger partial charge < -0.3 is 19.1 Å². The lowest BCUT2D eigenvalue weighted by molar-refractivity contribution is -0.134. The van der Waals surface area contributed by atoms with E-state index in [1.807, 2.05) is 45.0 Å². The van der Waals surface area contributed by atoms with E-state index in [2.05, 4.69) is 27.3 Å². The second kappa shape index (κ2) is 11.1. The summed E-state index contributed by atoms with van der Waals surface area (Å²) in [6, 6.07) is 7.69. The quantitative estimate of drug-likeness (QED) is 0.323. The Hall–Kier alpha value is -1.77. The second-order valence-corrected chi connectivity index (χ2v) is 7.73. The molecule has 0 aliphatic heterocycles. The highest BCUT2D eigenvalue weighted by Crippen LogP contribution is 2.14. The van der Waals surface area contributed by atoms with Crippen molar-refractivity contribution >= 4 is 34.7 Å². The van der Waals surface area contributed by atoms with Gasteiger partial charge in [-0.1, -0.05) is 6.08 Å². The molecule has 0 N–H and O–H groups in total. The molecule has 0 heterocycles. The zero-order chi connectivity index (χ0) is 19.6. The number of esters is 1. The molecule has 144 valence electrons. The topological polar surface area (TPSA) is 65.1 Å². The van der Waals surface area contributed by atoms with Crippen molar-refractivity contribution in [1.82, 2.24) is 4.90 Å². The van der Waals surface area contributed by atoms with E-state index >= 15 is 0 Å². The molecule has 0 bridgehead atoms. The highest BCUT2D eigenvalue weighted by Gasteiger charge is 2.21. The number of ether oxygens (including phenoxy) is 3. The first-order chi connectivity index (χ1) is 12.2. The smallest absolute Gasteiger partial charge is 0.410 e. The summed E-state index contributed by atoms with van der Waals surface area (Å²) >= 11 is 2.23. The molecule has 0 saturated carbocycles. The molecule has 26 heavy (non-hydrogen) atoms. The normalized spacial score (nSPS) is 11.3. The van der Waals surface area contributed by atoms with Crippen LogP contribution >= 0.6 is 22.6 Å². The van der Waals surface area contributed by atoms with Crippen molar-refractivity contribution in [2.45, 2.75) is 32.8 Å². The van der Waals surface area contributed by atoms with Crippen LogP contribution in [0.4, 0.5) is 4.79 Å². The molecular weight excluding hydrogens is 449 g/mol. The largest absolute Gasteiger partial charge is 0.492 e. The van der Waals surface area contributed by atoms with E-state index < -0.39 is 17.7 Å². The van der Waals surface area contributed by atoms with Crippen LogP contribution in [0.5, 0.6) is 5.75 Å². The zero-order valence-corrected chi connectivity index (χ0v) is 17.8. The van der Waals surface area contributed by atoms with Gasteiger partial charge in [0.1, 0.15) is 18.0 Å². The standard InChI is InChI=1S/C19H26INO5/c1-19(2,3)26-18(23)21(12-6-5-7-17(22)24-4)13-14-25-16-10-8-15(20)9-11-16/h5,7-11H,6,12-14H2,1-4H3/b7-5+. The fourth-order valence-corrected chi connectivity index (χ4v) is 2.26. The van der Waals surface area contributed by atoms with Crippen LogP contribution < -0.4 is 4.74 Å². The number of carbonyl (C=O) groups is 2. The van der Waals surface area contributed by atoms with Gasteiger partial charge in [-0.25, -0.2) is 9.59 Å². The number of halogens is 1. The number of rotatable bonds is 8. The fourth-order valence-electron chi connectivity index (χ4n) is 1.90. The van der Waals surface area contributed by atoms with Crippen LogP contribution in [0.1, 0.15) is 27.2 Å². The van der Waals surface area contributed by atoms with Crippen LogP contribution in [0.15, 0.2) is 36.4 Å². The molecule has 1 aromatic rings. The van der Waals surface area contributed by atoms with Gasteiger partial charge in [0.15, 0.2) is 0 Å². The molecule has 0 fully saturated rings. The first-order valence-electron chi connectivity index (χ1n) is 8.32. The molecule has 0 aliphatic rings. The fraction of sp³-hybridized carbons (Fsp3) is 0.474. The van der Waals surface area contributed by atoms with E-state index in [1.165, 1.54) is 13.2 Å². The average Bonchev–Trinajstić information content (AvgIpc) is 2.56. The number of hydrogen-bond acceptors (Lipinski definition) is 5. The molecule has 1 amide bonds. The van der Waals surface area contributed by atoms with E-state index in [4.69, 9.17) is 9.47 Å². The Kier molecular flexibility index (Phi) is 9.47. The van der Waals surface area contributed by atoms with Crippen LogP contribution in [-0.2, 0) is 14.3 Å². The Balaban J connectivity index is 2.58. The lowest BCUT2D eigenvalue weighted by Gasteiger charge is -2.27. The van der Waals surface area contributed by atoms with E-state index in [9.17, 15) is 9.59 Å². The third kappa shape index (κ3) is 9.65. The lowest BCUT2D eigenvalue weighted by Crippen LogP contribution is -2.39. The Morgan fingerprint density at radius 3 is 2.38 bits per heavy atom. The predicted octanol–water partition coefficient (Wildman–Crippen LogP) is 4.03. The van der Waals surface area contributed by atoms with Crippen LogP contribution in [0, 0.1) is 3.57 Å². The van der Waals surface area contributed by atoms with Gasteiger partial charge in [-0.2, -0.15) is 0 Å². The van der Waals surface area contributed by atoms with Gasteiger partial charge in [0.2, 0.25) is 0 Å². The summed E-state index contributed by atoms with van der Waals surface area (Å²) in [6.45, 7) is 6.61. The number of benzene rings is 1. The number of amides is 1. The molecule has 6 nitrogen and oxygen atoms in total. The van der Waals surface area contributed by atoms with Crippen molar-refractivity contribution in [1.29, 1.82) is 0 Å². The SMILES string of the molecule is COC(=O)/C=C/CCN(CCOc1ccc(I)cc1)C(=O)OC(C)(C)C. The minimum Gasteiger partial charge on any atom is -0.492 e. The molecule has 7 heteroatoms. The van der Waals surface area contributed by atoms with Gasteiger partial charge in [-0.15, -0.1) is 0 Å². The summed E-state index contributed by atoms with van der Waals surface area (Å²) in [5.41, 5.74) is -0.575. The molecule has 0 spiro atoms. The summed E-state index contributed by atoms with van der Waals surface area (Å²) in [6.07, 6.45) is 3.12. The molecule has 1 rings (SSSR count). The molecule has 0 atom stereocenters. The molecular formula is C19H26INO5. The third-order valence-corrected chi connectivity index (χ3v) is 3.84. The number of nitrogens with zero attached hydrogens (tertiary/aromatic N) is 1. The van der Waals surface area contributed by atoms with Crippen LogP contribution in [0.2, 0.25) is 0 Å². The zero-order valence-electron chi connectivity index (χ0n) is 15.7. The number of methoxy groups -OCH3 is 1. The van der Waals surface area contributed by atoms with Crippen molar-refractivity contribution in [3.05, 3.63) is 40.0 Å². The second-order valence-electron chi connectivity index (χ2n) is 6.48. The highest BCUT2D eigenvalue weighted by atomic mass is 127. The van der Waals surface area contributed by atoms with Crippen LogP contribution in [-0.4, -0.2) is 49.4 Å². The molecule has 0 unspecified atom stereocenters. The Morgan fingerprint density at radius 2 is 1.81 bits per heavy atom. The van der Waals surface area contributed by atoms with Crippen molar-refractivity contribution in [2.75, 3.05) is 26.8 Å². The Morgan fingerprint density at radius 1 is 1.15 bits per heavy atom. The maximum atomic E-state index is 12.4. The number of carbonyl (C=O) groups excluding carboxylic acids is 2. The van der Waals surface area contributed by atoms with Gasteiger partial charge in [-0.3, -0.25) is 0 Å². The molecule has 0 aromatic heterocycles. The monoisotopic (exact) mass is 475 g/mol. The Labute approximate surface area is 168 Å². The summed E-state index contributed by atoms with van der Waals surface area (Å²) < 4.78 is 16.8. The summed E-state index contributed by atoms with van der Waals surface area (Å²) in [5, 5.41) is 0. The highest BCUT2D eigenvalue weighted by molar-refractivity contribution is 14.1. The Bertz CT molecular complexity index is 607. The van der Waals surface area contributed by atoms with E-state index in [0.717, 1.165) is 9.32 Å². The maximum absolute atomic E-state index is 12.4. The van der Waals surface area contributed by atoms with E-state index in [-0.39, 0.29) is 0 Å². The summed E-state index contributed by atoms with van der Waals surface area (Å²) in [7, 11) is 1.32. The van der Waals surface area contributed by atoms with Crippen molar-refractivity contribution in [3.63, 3.8) is 0 Å². The average molecular weight is 475 g/mol. The third-order valence-electron chi connectivity index (χ3n) is 3.12. The van der Waals surface area contributed by atoms with E-state index in [0.29, 0.717) is 26.1 Å². The first kappa shape index (κ1) is 22.3. The summed E-state index contributed by atoms with van der Waals surface area (Å²) in [5.74, 6) is 0.330. The van der Waals surface area contributed by atoms with Gasteiger partial charge in [0.25, 0.3) is 0 Å². The lowest BCUT2D eigenvalue weighted by atomic mass is 10.2. The minimum atomic E-state index is -0.575. The predicted molar refractivity (Wildman–Crippen MR) is 108 cm³/mol. The van der Waals surface area contributed by atoms with Gasteiger partial charge in [0, 0.05) is 16.2 Å². The maximum Gasteiger partial charge on any atom is 0.410 e. The van der Waals surface area contributed by atoms with Gasteiger partial charge in [-0.05, 0) is 74.0 Å². The van der Waals surface area contributed by atoms with Crippen LogP contribution in [0.3, 0.4) is 0 Å². The van der Waals surface area contributed by atoms with E-state index in [1.54, 1.807) is 11.0 Å².